The van der Waals surface area contributed by atoms with Crippen LogP contribution in [0.15, 0.2) is 133 Å². The van der Waals surface area contributed by atoms with Crippen LogP contribution in [0.1, 0.15) is 77.6 Å². The molecule has 1 aliphatic carbocycles. The smallest absolute Gasteiger partial charge is 0.272 e. The average Bonchev–Trinajstić information content (AvgIpc) is 3.78. The van der Waals surface area contributed by atoms with Crippen LogP contribution in [0.3, 0.4) is 0 Å². The van der Waals surface area contributed by atoms with Crippen molar-refractivity contribution in [3.05, 3.63) is 175 Å². The number of Topliss-reactive ketones (excluding diaryl/α,β-unsaturated/α-hetero) is 1. The molecule has 2 aliphatic rings. The zero-order valence-electron chi connectivity index (χ0n) is 27.8. The number of nitrogens with zero attached hydrogens (tertiary/aromatic N) is 2. The molecule has 2 heterocycles. The minimum absolute atomic E-state index is 0.0139. The van der Waals surface area contributed by atoms with Gasteiger partial charge >= 0.3 is 0 Å². The Morgan fingerprint density at radius 1 is 0.755 bits per heavy atom. The van der Waals surface area contributed by atoms with Gasteiger partial charge in [0.1, 0.15) is 14.2 Å². The van der Waals surface area contributed by atoms with Crippen molar-refractivity contribution in [3.8, 4) is 0 Å². The lowest BCUT2D eigenvalue weighted by Crippen LogP contribution is -2.35. The Kier molecular flexibility index (Phi) is 9.97. The molecule has 0 saturated carbocycles. The molecule has 7 rings (SSSR count). The Balaban J connectivity index is 1.49. The first-order valence-corrected chi connectivity index (χ1v) is 18.8. The topological polar surface area (TPSA) is 42.3 Å². The van der Waals surface area contributed by atoms with Crippen molar-refractivity contribution in [1.29, 1.82) is 0 Å². The number of unbranched alkanes of at least 4 members (excludes halogenated alkanes) is 4. The first-order valence-electron chi connectivity index (χ1n) is 17.2. The SMILES string of the molecule is C=CCn1c(=O)/c(=C2\SC(c3ccccc3)=C(c3ccccc3)N2CCCCCCC)s/c1=C1\C(=O)c2ccccc2C1c1ccccc1. The third-order valence-electron chi connectivity index (χ3n) is 9.30. The van der Waals surface area contributed by atoms with Gasteiger partial charge in [0.2, 0.25) is 0 Å². The molecule has 5 aromatic rings. The predicted molar refractivity (Wildman–Crippen MR) is 207 cm³/mol. The summed E-state index contributed by atoms with van der Waals surface area (Å²) >= 11 is 3.14. The van der Waals surface area contributed by atoms with Crippen LogP contribution >= 0.6 is 23.1 Å². The maximum atomic E-state index is 14.7. The molecular formula is C43H40N2O2S2. The second-order valence-corrected chi connectivity index (χ2v) is 14.5. The highest BCUT2D eigenvalue weighted by atomic mass is 32.2. The van der Waals surface area contributed by atoms with Gasteiger partial charge in [0, 0.05) is 35.0 Å². The summed E-state index contributed by atoms with van der Waals surface area (Å²) in [7, 11) is 0. The van der Waals surface area contributed by atoms with Gasteiger partial charge in [-0.05, 0) is 28.7 Å². The van der Waals surface area contributed by atoms with Gasteiger partial charge in [0.25, 0.3) is 5.56 Å². The van der Waals surface area contributed by atoms with Crippen LogP contribution in [0, 0.1) is 0 Å². The molecule has 1 atom stereocenters. The maximum Gasteiger partial charge on any atom is 0.272 e. The Bertz CT molecular complexity index is 2200. The maximum absolute atomic E-state index is 14.7. The van der Waals surface area contributed by atoms with Crippen LogP contribution in [-0.4, -0.2) is 21.8 Å². The van der Waals surface area contributed by atoms with Crippen LogP contribution in [0.4, 0.5) is 0 Å². The van der Waals surface area contributed by atoms with E-state index in [1.807, 2.05) is 54.6 Å². The molecule has 0 bridgehead atoms. The fraction of sp³-hybridized carbons (Fsp3) is 0.209. The van der Waals surface area contributed by atoms with Crippen LogP contribution < -0.4 is 14.8 Å². The molecule has 0 spiro atoms. The van der Waals surface area contributed by atoms with Crippen LogP contribution in [0.5, 0.6) is 0 Å². The standard InChI is InChI=1S/C43H40N2O2S2/c1-3-5-6-7-19-29-44-37(31-22-13-9-14-23-31)39(32-24-15-10-16-25-32)48-43(44)40-41(47)45(28-4-2)42(49-40)36-35(30-20-11-8-12-21-30)33-26-17-18-27-34(33)38(36)46/h4,8-18,20-27,35H,2-3,5-7,19,28-29H2,1H3/b42-36-,43-40+. The lowest BCUT2D eigenvalue weighted by Gasteiger charge is -2.23. The van der Waals surface area contributed by atoms with Gasteiger partial charge in [-0.15, -0.1) is 17.9 Å². The summed E-state index contributed by atoms with van der Waals surface area (Å²) in [5, 5.41) is 0.937. The fourth-order valence-corrected chi connectivity index (χ4v) is 9.66. The summed E-state index contributed by atoms with van der Waals surface area (Å²) in [6, 6.07) is 39.1. The van der Waals surface area contributed by atoms with Crippen molar-refractivity contribution in [2.24, 2.45) is 0 Å². The molecule has 246 valence electrons. The molecule has 0 fully saturated rings. The molecule has 1 aliphatic heterocycles. The normalized spacial score (nSPS) is 17.9. The van der Waals surface area contributed by atoms with Gasteiger partial charge in [-0.2, -0.15) is 0 Å². The number of hydrogen-bond donors (Lipinski definition) is 0. The number of fused-ring (bicyclic) bond motifs is 1. The van der Waals surface area contributed by atoms with Crippen LogP contribution in [0.25, 0.3) is 21.2 Å². The highest BCUT2D eigenvalue weighted by Crippen LogP contribution is 2.51. The molecule has 1 aromatic heterocycles. The van der Waals surface area contributed by atoms with Crippen molar-refractivity contribution < 1.29 is 4.79 Å². The molecule has 0 amide bonds. The van der Waals surface area contributed by atoms with Crippen LogP contribution in [0.2, 0.25) is 0 Å². The number of carbonyl (C=O) groups excluding carboxylic acids is 1. The summed E-state index contributed by atoms with van der Waals surface area (Å²) in [5.74, 6) is -0.277. The second-order valence-electron chi connectivity index (χ2n) is 12.5. The number of carbonyl (C=O) groups is 1. The zero-order valence-corrected chi connectivity index (χ0v) is 29.4. The van der Waals surface area contributed by atoms with Gasteiger partial charge in [-0.3, -0.25) is 14.2 Å². The molecule has 0 radical (unpaired) electrons. The van der Waals surface area contributed by atoms with Crippen molar-refractivity contribution in [2.75, 3.05) is 6.54 Å². The average molecular weight is 681 g/mol. The van der Waals surface area contributed by atoms with Gasteiger partial charge in [0.05, 0.1) is 5.70 Å². The van der Waals surface area contributed by atoms with Crippen LogP contribution in [-0.2, 0) is 6.54 Å². The summed E-state index contributed by atoms with van der Waals surface area (Å²) in [6.07, 6.45) is 7.51. The number of thioether (sulfide) groups is 1. The summed E-state index contributed by atoms with van der Waals surface area (Å²) in [5.41, 5.74) is 6.69. The van der Waals surface area contributed by atoms with E-state index in [4.69, 9.17) is 0 Å². The zero-order chi connectivity index (χ0) is 33.7. The highest BCUT2D eigenvalue weighted by molar-refractivity contribution is 8.16. The van der Waals surface area contributed by atoms with Crippen molar-refractivity contribution in [1.82, 2.24) is 9.47 Å². The number of allylic oxidation sites excluding steroid dienone is 1. The molecule has 0 saturated heterocycles. The third-order valence-corrected chi connectivity index (χ3v) is 11.9. The molecular weight excluding hydrogens is 641 g/mol. The Morgan fingerprint density at radius 3 is 2.08 bits per heavy atom. The van der Waals surface area contributed by atoms with Gasteiger partial charge < -0.3 is 4.90 Å². The van der Waals surface area contributed by atoms with E-state index in [2.05, 4.69) is 79.1 Å². The van der Waals surface area contributed by atoms with Crippen molar-refractivity contribution in [2.45, 2.75) is 51.5 Å². The number of rotatable bonds is 11. The lowest BCUT2D eigenvalue weighted by molar-refractivity contribution is 0.105. The van der Waals surface area contributed by atoms with E-state index in [0.717, 1.165) is 57.3 Å². The first-order chi connectivity index (χ1) is 24.1. The van der Waals surface area contributed by atoms with E-state index in [-0.39, 0.29) is 17.3 Å². The molecule has 49 heavy (non-hydrogen) atoms. The lowest BCUT2D eigenvalue weighted by atomic mass is 9.90. The van der Waals surface area contributed by atoms with Gasteiger partial charge in [-0.1, -0.05) is 166 Å². The number of aromatic nitrogens is 1. The number of ketones is 1. The first kappa shape index (κ1) is 32.9. The van der Waals surface area contributed by atoms with E-state index in [0.29, 0.717) is 26.9 Å². The largest absolute Gasteiger partial charge is 0.333 e. The van der Waals surface area contributed by atoms with Gasteiger partial charge in [0.15, 0.2) is 5.78 Å². The fourth-order valence-electron chi connectivity index (χ4n) is 6.99. The van der Waals surface area contributed by atoms with Gasteiger partial charge in [-0.25, -0.2) is 0 Å². The Morgan fingerprint density at radius 2 is 1.39 bits per heavy atom. The van der Waals surface area contributed by atoms with E-state index in [1.54, 1.807) is 22.4 Å². The minimum Gasteiger partial charge on any atom is -0.333 e. The van der Waals surface area contributed by atoms with E-state index in [9.17, 15) is 9.59 Å². The van der Waals surface area contributed by atoms with E-state index in [1.165, 1.54) is 30.6 Å². The monoisotopic (exact) mass is 680 g/mol. The number of hydrogen-bond acceptors (Lipinski definition) is 5. The highest BCUT2D eigenvalue weighted by Gasteiger charge is 2.38. The molecule has 4 nitrogen and oxygen atoms in total. The minimum atomic E-state index is -0.263. The summed E-state index contributed by atoms with van der Waals surface area (Å²) in [4.78, 5) is 32.6. The molecule has 0 N–H and O–H groups in total. The summed E-state index contributed by atoms with van der Waals surface area (Å²) < 4.78 is 3.15. The van der Waals surface area contributed by atoms with Crippen molar-refractivity contribution >= 4 is 50.1 Å². The Labute approximate surface area is 296 Å². The summed E-state index contributed by atoms with van der Waals surface area (Å²) in [6.45, 7) is 7.37. The molecule has 4 aromatic carbocycles. The second kappa shape index (κ2) is 14.9. The van der Waals surface area contributed by atoms with E-state index >= 15 is 0 Å². The Hall–Kier alpha value is -4.65. The van der Waals surface area contributed by atoms with Crippen molar-refractivity contribution in [3.63, 3.8) is 0 Å². The quantitative estimate of drug-likeness (QED) is 0.103. The number of thiazole rings is 1. The van der Waals surface area contributed by atoms with E-state index < -0.39 is 0 Å². The number of benzene rings is 4. The molecule has 1 unspecified atom stereocenters. The third kappa shape index (κ3) is 6.31. The predicted octanol–water partition coefficient (Wildman–Crippen LogP) is 8.89. The molecule has 6 heteroatoms.